The average Bonchev–Trinajstić information content (AvgIpc) is 2.46. The summed E-state index contributed by atoms with van der Waals surface area (Å²) in [4.78, 5) is 8.70. The Kier molecular flexibility index (Phi) is 4.59. The van der Waals surface area contributed by atoms with Crippen molar-refractivity contribution in [1.29, 1.82) is 0 Å². The normalized spacial score (nSPS) is 19.1. The van der Waals surface area contributed by atoms with Gasteiger partial charge in [-0.1, -0.05) is 0 Å². The van der Waals surface area contributed by atoms with E-state index >= 15 is 0 Å². The molecule has 2 rings (SSSR count). The molecule has 0 spiro atoms. The first kappa shape index (κ1) is 15.2. The molecule has 0 saturated carbocycles. The van der Waals surface area contributed by atoms with Crippen LogP contribution in [-0.4, -0.2) is 57.1 Å². The van der Waals surface area contributed by atoms with E-state index in [0.29, 0.717) is 12.6 Å². The Labute approximate surface area is 119 Å². The van der Waals surface area contributed by atoms with Gasteiger partial charge in [-0.05, 0) is 19.1 Å². The highest BCUT2D eigenvalue weighted by Crippen LogP contribution is 2.16. The topological polar surface area (TPSA) is 106 Å². The Morgan fingerprint density at radius 1 is 1.30 bits per heavy atom. The van der Waals surface area contributed by atoms with Gasteiger partial charge < -0.3 is 10.6 Å². The van der Waals surface area contributed by atoms with E-state index in [1.807, 2.05) is 0 Å². The van der Waals surface area contributed by atoms with E-state index in [0.717, 1.165) is 32.0 Å². The molecule has 4 N–H and O–H groups in total. The minimum absolute atomic E-state index is 0.0386. The first-order valence-electron chi connectivity index (χ1n) is 6.59. The molecule has 0 aromatic carbocycles. The highest BCUT2D eigenvalue weighted by Gasteiger charge is 2.21. The number of piperazine rings is 1. The van der Waals surface area contributed by atoms with Crippen LogP contribution in [0.4, 0.5) is 5.82 Å². The van der Waals surface area contributed by atoms with E-state index in [4.69, 9.17) is 10.9 Å². The Morgan fingerprint density at radius 2 is 1.95 bits per heavy atom. The molecule has 0 aliphatic carbocycles. The van der Waals surface area contributed by atoms with Gasteiger partial charge in [0, 0.05) is 45.0 Å². The van der Waals surface area contributed by atoms with Crippen molar-refractivity contribution in [2.75, 3.05) is 37.6 Å². The third kappa shape index (κ3) is 3.45. The molecule has 1 aromatic heterocycles. The lowest BCUT2D eigenvalue weighted by Crippen LogP contribution is -2.51. The predicted molar refractivity (Wildman–Crippen MR) is 77.9 cm³/mol. The molecule has 0 amide bonds. The second-order valence-electron chi connectivity index (χ2n) is 5.00. The molecule has 1 aromatic rings. The number of sulfonamides is 1. The zero-order chi connectivity index (χ0) is 14.8. The van der Waals surface area contributed by atoms with Crippen LogP contribution in [0.1, 0.15) is 6.92 Å². The number of aromatic nitrogens is 1. The molecular weight excluding hydrogens is 278 g/mol. The molecule has 0 bridgehead atoms. The smallest absolute Gasteiger partial charge is 0.239 e. The Balaban J connectivity index is 2.01. The summed E-state index contributed by atoms with van der Waals surface area (Å²) in [5.74, 6) is 0.775. The first-order valence-corrected chi connectivity index (χ1v) is 8.14. The van der Waals surface area contributed by atoms with Crippen molar-refractivity contribution in [2.45, 2.75) is 17.9 Å². The van der Waals surface area contributed by atoms with Gasteiger partial charge in [-0.3, -0.25) is 4.90 Å². The van der Waals surface area contributed by atoms with Crippen LogP contribution in [0.25, 0.3) is 0 Å². The van der Waals surface area contributed by atoms with E-state index < -0.39 is 10.0 Å². The van der Waals surface area contributed by atoms with Crippen LogP contribution < -0.4 is 15.8 Å². The lowest BCUT2D eigenvalue weighted by Gasteiger charge is -2.38. The highest BCUT2D eigenvalue weighted by atomic mass is 32.2. The second-order valence-corrected chi connectivity index (χ2v) is 6.57. The van der Waals surface area contributed by atoms with Crippen molar-refractivity contribution in [1.82, 2.24) is 9.88 Å². The Morgan fingerprint density at radius 3 is 2.40 bits per heavy atom. The van der Waals surface area contributed by atoms with Gasteiger partial charge in [0.15, 0.2) is 0 Å². The molecule has 20 heavy (non-hydrogen) atoms. The number of hydrogen-bond acceptors (Lipinski definition) is 6. The van der Waals surface area contributed by atoms with Crippen molar-refractivity contribution in [3.05, 3.63) is 18.3 Å². The third-order valence-electron chi connectivity index (χ3n) is 3.65. The van der Waals surface area contributed by atoms with Gasteiger partial charge in [0.05, 0.1) is 0 Å². The van der Waals surface area contributed by atoms with Crippen molar-refractivity contribution >= 4 is 15.8 Å². The number of anilines is 1. The van der Waals surface area contributed by atoms with E-state index in [2.05, 4.69) is 21.7 Å². The standard InChI is InChI=1S/C12H21N5O2S/c1-10(8-13)16-4-6-17(7-5-16)12-3-2-11(9-15-12)20(14,18)19/h2-3,9-10H,4-8,13H2,1H3,(H2,14,18,19). The van der Waals surface area contributed by atoms with Gasteiger partial charge in [0.25, 0.3) is 0 Å². The summed E-state index contributed by atoms with van der Waals surface area (Å²) in [6.07, 6.45) is 1.31. The van der Waals surface area contributed by atoms with E-state index in [9.17, 15) is 8.42 Å². The molecule has 8 heteroatoms. The monoisotopic (exact) mass is 299 g/mol. The summed E-state index contributed by atoms with van der Waals surface area (Å²) >= 11 is 0. The van der Waals surface area contributed by atoms with E-state index in [-0.39, 0.29) is 4.90 Å². The molecule has 7 nitrogen and oxygen atoms in total. The summed E-state index contributed by atoms with van der Waals surface area (Å²) in [7, 11) is -3.68. The van der Waals surface area contributed by atoms with Crippen molar-refractivity contribution < 1.29 is 8.42 Å². The molecule has 1 saturated heterocycles. The van der Waals surface area contributed by atoms with Crippen LogP contribution in [0.3, 0.4) is 0 Å². The van der Waals surface area contributed by atoms with Gasteiger partial charge in [0.1, 0.15) is 10.7 Å². The average molecular weight is 299 g/mol. The van der Waals surface area contributed by atoms with Crippen molar-refractivity contribution in [2.24, 2.45) is 10.9 Å². The molecular formula is C12H21N5O2S. The zero-order valence-electron chi connectivity index (χ0n) is 11.6. The summed E-state index contributed by atoms with van der Waals surface area (Å²) in [5.41, 5.74) is 5.67. The van der Waals surface area contributed by atoms with Gasteiger partial charge in [-0.25, -0.2) is 18.5 Å². The summed E-state index contributed by atoms with van der Waals surface area (Å²) < 4.78 is 22.4. The predicted octanol–water partition coefficient (Wildman–Crippen LogP) is -0.802. The Hall–Kier alpha value is -1.22. The molecule has 1 unspecified atom stereocenters. The van der Waals surface area contributed by atoms with Crippen molar-refractivity contribution in [3.63, 3.8) is 0 Å². The maximum absolute atomic E-state index is 11.2. The molecule has 1 atom stereocenters. The summed E-state index contributed by atoms with van der Waals surface area (Å²) in [6, 6.07) is 3.57. The quantitative estimate of drug-likeness (QED) is 0.754. The van der Waals surface area contributed by atoms with E-state index in [1.165, 1.54) is 12.3 Å². The molecule has 0 radical (unpaired) electrons. The fourth-order valence-corrected chi connectivity index (χ4v) is 2.73. The maximum Gasteiger partial charge on any atom is 0.239 e. The van der Waals surface area contributed by atoms with Crippen LogP contribution in [-0.2, 0) is 10.0 Å². The van der Waals surface area contributed by atoms with Gasteiger partial charge >= 0.3 is 0 Å². The minimum atomic E-state index is -3.68. The Bertz CT molecular complexity index is 537. The number of nitrogens with zero attached hydrogens (tertiary/aromatic N) is 3. The summed E-state index contributed by atoms with van der Waals surface area (Å²) in [5, 5.41) is 5.05. The van der Waals surface area contributed by atoms with E-state index in [1.54, 1.807) is 6.07 Å². The van der Waals surface area contributed by atoms with Crippen molar-refractivity contribution in [3.8, 4) is 0 Å². The van der Waals surface area contributed by atoms with Gasteiger partial charge in [-0.2, -0.15) is 0 Å². The number of primary sulfonamides is 1. The molecule has 1 aliphatic heterocycles. The number of nitrogens with two attached hydrogens (primary N) is 2. The molecule has 2 heterocycles. The molecule has 1 fully saturated rings. The van der Waals surface area contributed by atoms with Crippen LogP contribution in [0.2, 0.25) is 0 Å². The number of pyridine rings is 1. The molecule has 1 aliphatic rings. The fraction of sp³-hybridized carbons (Fsp3) is 0.583. The number of rotatable bonds is 4. The highest BCUT2D eigenvalue weighted by molar-refractivity contribution is 7.89. The second kappa shape index (κ2) is 6.04. The zero-order valence-corrected chi connectivity index (χ0v) is 12.4. The van der Waals surface area contributed by atoms with Gasteiger partial charge in [-0.15, -0.1) is 0 Å². The lowest BCUT2D eigenvalue weighted by molar-refractivity contribution is 0.201. The van der Waals surface area contributed by atoms with Crippen LogP contribution in [0, 0.1) is 0 Å². The van der Waals surface area contributed by atoms with Crippen LogP contribution in [0.15, 0.2) is 23.2 Å². The van der Waals surface area contributed by atoms with Gasteiger partial charge in [0.2, 0.25) is 10.0 Å². The first-order chi connectivity index (χ1) is 9.41. The fourth-order valence-electron chi connectivity index (χ4n) is 2.27. The summed E-state index contributed by atoms with van der Waals surface area (Å²) in [6.45, 7) is 6.34. The maximum atomic E-state index is 11.2. The number of hydrogen-bond donors (Lipinski definition) is 2. The third-order valence-corrected chi connectivity index (χ3v) is 4.55. The molecule has 112 valence electrons. The lowest BCUT2D eigenvalue weighted by atomic mass is 10.2. The minimum Gasteiger partial charge on any atom is -0.354 e. The van der Waals surface area contributed by atoms with Crippen LogP contribution in [0.5, 0.6) is 0 Å². The largest absolute Gasteiger partial charge is 0.354 e. The van der Waals surface area contributed by atoms with Crippen LogP contribution >= 0.6 is 0 Å². The SMILES string of the molecule is CC(CN)N1CCN(c2ccc(S(N)(=O)=O)cn2)CC1.